The van der Waals surface area contributed by atoms with E-state index in [1.807, 2.05) is 0 Å². The Bertz CT molecular complexity index is 281. The Hall–Kier alpha value is -1.02. The topological polar surface area (TPSA) is 15.3 Å². The monoisotopic (exact) mass is 176 g/mol. The van der Waals surface area contributed by atoms with Crippen LogP contribution < -0.4 is 10.4 Å². The Morgan fingerprint density at radius 3 is 2.38 bits per heavy atom. The van der Waals surface area contributed by atoms with Crippen molar-refractivity contribution in [2.24, 2.45) is 0 Å². The SMILES string of the molecule is Cc1cc(C)cc(N2CCCN2)c1. The van der Waals surface area contributed by atoms with Gasteiger partial charge in [0.2, 0.25) is 0 Å². The van der Waals surface area contributed by atoms with Crippen molar-refractivity contribution >= 4 is 5.69 Å². The highest BCUT2D eigenvalue weighted by atomic mass is 15.5. The van der Waals surface area contributed by atoms with E-state index in [2.05, 4.69) is 42.5 Å². The van der Waals surface area contributed by atoms with Gasteiger partial charge in [-0.05, 0) is 43.5 Å². The van der Waals surface area contributed by atoms with Gasteiger partial charge in [-0.25, -0.2) is 5.43 Å². The van der Waals surface area contributed by atoms with E-state index in [1.165, 1.54) is 23.2 Å². The zero-order chi connectivity index (χ0) is 9.26. The van der Waals surface area contributed by atoms with Crippen LogP contribution in [-0.2, 0) is 0 Å². The molecule has 0 atom stereocenters. The summed E-state index contributed by atoms with van der Waals surface area (Å²) in [6.07, 6.45) is 1.24. The highest BCUT2D eigenvalue weighted by Gasteiger charge is 2.11. The number of nitrogens with one attached hydrogen (secondary N) is 1. The molecule has 0 radical (unpaired) electrons. The lowest BCUT2D eigenvalue weighted by Crippen LogP contribution is -2.30. The molecule has 2 nitrogen and oxygen atoms in total. The van der Waals surface area contributed by atoms with E-state index in [0.717, 1.165) is 13.1 Å². The van der Waals surface area contributed by atoms with Crippen molar-refractivity contribution in [1.82, 2.24) is 5.43 Å². The lowest BCUT2D eigenvalue weighted by Gasteiger charge is -2.18. The number of nitrogens with zero attached hydrogens (tertiary/aromatic N) is 1. The molecule has 0 aromatic heterocycles. The molecule has 0 saturated carbocycles. The first kappa shape index (κ1) is 8.57. The van der Waals surface area contributed by atoms with E-state index in [0.29, 0.717) is 0 Å². The molecule has 1 aromatic rings. The summed E-state index contributed by atoms with van der Waals surface area (Å²) in [5.41, 5.74) is 7.34. The molecule has 13 heavy (non-hydrogen) atoms. The van der Waals surface area contributed by atoms with Crippen LogP contribution in [-0.4, -0.2) is 13.1 Å². The number of aryl methyl sites for hydroxylation is 2. The number of hydrogen-bond acceptors (Lipinski definition) is 2. The summed E-state index contributed by atoms with van der Waals surface area (Å²) < 4.78 is 0. The molecule has 70 valence electrons. The third-order valence-corrected chi connectivity index (χ3v) is 2.38. The summed E-state index contributed by atoms with van der Waals surface area (Å²) in [6, 6.07) is 6.66. The number of rotatable bonds is 1. The first-order valence-corrected chi connectivity index (χ1v) is 4.85. The molecule has 0 unspecified atom stereocenters. The molecule has 2 heteroatoms. The molecule has 0 amide bonds. The molecule has 1 aliphatic heterocycles. The van der Waals surface area contributed by atoms with Crippen LogP contribution >= 0.6 is 0 Å². The van der Waals surface area contributed by atoms with Gasteiger partial charge in [0.25, 0.3) is 0 Å². The standard InChI is InChI=1S/C11H16N2/c1-9-6-10(2)8-11(7-9)13-5-3-4-12-13/h6-8,12H,3-5H2,1-2H3. The fraction of sp³-hybridized carbons (Fsp3) is 0.455. The average molecular weight is 176 g/mol. The van der Waals surface area contributed by atoms with Gasteiger partial charge >= 0.3 is 0 Å². The Labute approximate surface area is 79.5 Å². The van der Waals surface area contributed by atoms with E-state index >= 15 is 0 Å². The molecular formula is C11H16N2. The van der Waals surface area contributed by atoms with Crippen molar-refractivity contribution in [3.05, 3.63) is 29.3 Å². The molecule has 0 bridgehead atoms. The van der Waals surface area contributed by atoms with Gasteiger partial charge in [0, 0.05) is 13.1 Å². The van der Waals surface area contributed by atoms with Crippen LogP contribution in [0.3, 0.4) is 0 Å². The summed E-state index contributed by atoms with van der Waals surface area (Å²) in [6.45, 7) is 6.52. The molecule has 1 fully saturated rings. The highest BCUT2D eigenvalue weighted by molar-refractivity contribution is 5.50. The first-order valence-electron chi connectivity index (χ1n) is 4.85. The van der Waals surface area contributed by atoms with E-state index < -0.39 is 0 Å². The Morgan fingerprint density at radius 2 is 1.85 bits per heavy atom. The van der Waals surface area contributed by atoms with Crippen LogP contribution in [0.5, 0.6) is 0 Å². The zero-order valence-electron chi connectivity index (χ0n) is 8.30. The third-order valence-electron chi connectivity index (χ3n) is 2.38. The molecule has 0 aliphatic carbocycles. The van der Waals surface area contributed by atoms with Crippen LogP contribution in [0, 0.1) is 13.8 Å². The molecule has 1 aliphatic rings. The summed E-state index contributed by atoms with van der Waals surface area (Å²) >= 11 is 0. The molecular weight excluding hydrogens is 160 g/mol. The molecule has 2 rings (SSSR count). The van der Waals surface area contributed by atoms with Crippen LogP contribution in [0.2, 0.25) is 0 Å². The lowest BCUT2D eigenvalue weighted by molar-refractivity contribution is 0.786. The second kappa shape index (κ2) is 3.38. The number of hydrogen-bond donors (Lipinski definition) is 1. The second-order valence-corrected chi connectivity index (χ2v) is 3.76. The Kier molecular flexibility index (Phi) is 2.23. The highest BCUT2D eigenvalue weighted by Crippen LogP contribution is 2.18. The third kappa shape index (κ3) is 1.83. The van der Waals surface area contributed by atoms with Crippen molar-refractivity contribution in [3.63, 3.8) is 0 Å². The second-order valence-electron chi connectivity index (χ2n) is 3.76. The van der Waals surface area contributed by atoms with Crippen molar-refractivity contribution in [3.8, 4) is 0 Å². The maximum atomic E-state index is 3.36. The van der Waals surface area contributed by atoms with Gasteiger partial charge in [-0.1, -0.05) is 6.07 Å². The van der Waals surface area contributed by atoms with E-state index in [9.17, 15) is 0 Å². The lowest BCUT2D eigenvalue weighted by atomic mass is 10.1. The van der Waals surface area contributed by atoms with Gasteiger partial charge in [-0.15, -0.1) is 0 Å². The number of benzene rings is 1. The van der Waals surface area contributed by atoms with Gasteiger partial charge in [0.05, 0.1) is 5.69 Å². The van der Waals surface area contributed by atoms with Crippen molar-refractivity contribution in [1.29, 1.82) is 0 Å². The average Bonchev–Trinajstić information content (AvgIpc) is 2.53. The largest absolute Gasteiger partial charge is 0.308 e. The van der Waals surface area contributed by atoms with Crippen molar-refractivity contribution in [2.45, 2.75) is 20.3 Å². The summed E-state index contributed by atoms with van der Waals surface area (Å²) in [5.74, 6) is 0. The van der Waals surface area contributed by atoms with Crippen LogP contribution in [0.1, 0.15) is 17.5 Å². The maximum absolute atomic E-state index is 3.36. The van der Waals surface area contributed by atoms with Crippen molar-refractivity contribution < 1.29 is 0 Å². The fourth-order valence-electron chi connectivity index (χ4n) is 1.86. The van der Waals surface area contributed by atoms with Gasteiger partial charge in [-0.3, -0.25) is 0 Å². The normalized spacial score (nSPS) is 16.6. The van der Waals surface area contributed by atoms with E-state index in [4.69, 9.17) is 0 Å². The van der Waals surface area contributed by atoms with Gasteiger partial charge in [0.1, 0.15) is 0 Å². The maximum Gasteiger partial charge on any atom is 0.0524 e. The summed E-state index contributed by atoms with van der Waals surface area (Å²) in [4.78, 5) is 0. The molecule has 1 saturated heterocycles. The smallest absolute Gasteiger partial charge is 0.0524 e. The van der Waals surface area contributed by atoms with Gasteiger partial charge in [-0.2, -0.15) is 0 Å². The first-order chi connectivity index (χ1) is 6.25. The van der Waals surface area contributed by atoms with Crippen LogP contribution in [0.4, 0.5) is 5.69 Å². The fourth-order valence-corrected chi connectivity index (χ4v) is 1.86. The summed E-state index contributed by atoms with van der Waals surface area (Å²) in [5, 5.41) is 2.24. The van der Waals surface area contributed by atoms with Gasteiger partial charge in [0.15, 0.2) is 0 Å². The molecule has 1 N–H and O–H groups in total. The minimum absolute atomic E-state index is 1.10. The van der Waals surface area contributed by atoms with E-state index in [-0.39, 0.29) is 0 Å². The summed E-state index contributed by atoms with van der Waals surface area (Å²) in [7, 11) is 0. The predicted molar refractivity (Wildman–Crippen MR) is 55.9 cm³/mol. The Morgan fingerprint density at radius 1 is 1.15 bits per heavy atom. The minimum atomic E-state index is 1.10. The Balaban J connectivity index is 2.28. The molecule has 0 spiro atoms. The molecule has 1 aromatic carbocycles. The van der Waals surface area contributed by atoms with Crippen LogP contribution in [0.15, 0.2) is 18.2 Å². The van der Waals surface area contributed by atoms with E-state index in [1.54, 1.807) is 0 Å². The van der Waals surface area contributed by atoms with Crippen molar-refractivity contribution in [2.75, 3.05) is 18.1 Å². The quantitative estimate of drug-likeness (QED) is 0.704. The predicted octanol–water partition coefficient (Wildman–Crippen LogP) is 2.02. The zero-order valence-corrected chi connectivity index (χ0v) is 8.30. The van der Waals surface area contributed by atoms with Crippen LogP contribution in [0.25, 0.3) is 0 Å². The molecule has 1 heterocycles. The number of hydrazine groups is 1. The van der Waals surface area contributed by atoms with Gasteiger partial charge < -0.3 is 5.01 Å². The minimum Gasteiger partial charge on any atom is -0.308 e. The number of anilines is 1.